The van der Waals surface area contributed by atoms with Gasteiger partial charge in [-0.15, -0.1) is 0 Å². The van der Waals surface area contributed by atoms with Crippen molar-refractivity contribution in [2.24, 2.45) is 0 Å². The average molecular weight is 367 g/mol. The van der Waals surface area contributed by atoms with Crippen LogP contribution in [0.25, 0.3) is 0 Å². The second-order valence-corrected chi connectivity index (χ2v) is 6.81. The molecule has 1 heterocycles. The number of benzene rings is 2. The van der Waals surface area contributed by atoms with E-state index < -0.39 is 0 Å². The van der Waals surface area contributed by atoms with E-state index in [-0.39, 0.29) is 5.91 Å². The lowest BCUT2D eigenvalue weighted by Crippen LogP contribution is -2.11. The molecule has 3 rings (SSSR count). The zero-order chi connectivity index (χ0) is 18.5. The van der Waals surface area contributed by atoms with Gasteiger partial charge in [-0.25, -0.2) is 4.98 Å². The first-order valence-electron chi connectivity index (χ1n) is 8.41. The Balaban J connectivity index is 1.76. The number of rotatable bonds is 6. The van der Waals surface area contributed by atoms with Crippen LogP contribution in [0.2, 0.25) is 0 Å². The molecule has 3 aromatic rings. The van der Waals surface area contributed by atoms with Gasteiger partial charge >= 0.3 is 0 Å². The quantitative estimate of drug-likeness (QED) is 0.632. The van der Waals surface area contributed by atoms with Gasteiger partial charge in [-0.3, -0.25) is 4.79 Å². The molecule has 0 fully saturated rings. The number of ether oxygens (including phenoxy) is 1. The van der Waals surface area contributed by atoms with Crippen molar-refractivity contribution in [1.29, 1.82) is 0 Å². The summed E-state index contributed by atoms with van der Waals surface area (Å²) in [5, 5.41) is 6.82. The zero-order valence-electron chi connectivity index (χ0n) is 15.0. The number of para-hydroxylation sites is 2. The number of aryl methyl sites for hydroxylation is 2. The van der Waals surface area contributed by atoms with Gasteiger partial charge in [-0.05, 0) is 45.0 Å². The van der Waals surface area contributed by atoms with Crippen LogP contribution in [0.4, 0.5) is 16.5 Å². The highest BCUT2D eigenvalue weighted by Gasteiger charge is 2.16. The number of hydrogen-bond acceptors (Lipinski definition) is 5. The number of anilines is 3. The van der Waals surface area contributed by atoms with Crippen LogP contribution in [0.5, 0.6) is 5.75 Å². The number of nitrogens with one attached hydrogen (secondary N) is 2. The van der Waals surface area contributed by atoms with Gasteiger partial charge < -0.3 is 15.4 Å². The monoisotopic (exact) mass is 367 g/mol. The molecule has 5 nitrogen and oxygen atoms in total. The molecule has 0 unspecified atom stereocenters. The molecule has 2 aromatic carbocycles. The summed E-state index contributed by atoms with van der Waals surface area (Å²) in [6.07, 6.45) is 0. The molecule has 0 bridgehead atoms. The van der Waals surface area contributed by atoms with Crippen LogP contribution in [0.1, 0.15) is 27.9 Å². The molecular formula is C20H21N3O2S. The van der Waals surface area contributed by atoms with Gasteiger partial charge in [0.05, 0.1) is 18.0 Å². The molecule has 0 spiro atoms. The third-order valence-electron chi connectivity index (χ3n) is 3.74. The largest absolute Gasteiger partial charge is 0.492 e. The predicted molar refractivity (Wildman–Crippen MR) is 107 cm³/mol. The average Bonchev–Trinajstić information content (AvgIpc) is 2.99. The SMILES string of the molecule is CCOc1ccccc1Nc1nc(C)c(C(=O)Nc2ccc(C)cc2)s1. The van der Waals surface area contributed by atoms with E-state index in [1.807, 2.05) is 69.3 Å². The van der Waals surface area contributed by atoms with Crippen LogP contribution in [-0.2, 0) is 0 Å². The predicted octanol–water partition coefficient (Wildman–Crippen LogP) is 5.15. The van der Waals surface area contributed by atoms with Crippen LogP contribution in [-0.4, -0.2) is 17.5 Å². The maximum Gasteiger partial charge on any atom is 0.267 e. The number of hydrogen-bond donors (Lipinski definition) is 2. The van der Waals surface area contributed by atoms with E-state index in [4.69, 9.17) is 4.74 Å². The summed E-state index contributed by atoms with van der Waals surface area (Å²) in [7, 11) is 0. The van der Waals surface area contributed by atoms with Crippen LogP contribution in [0.3, 0.4) is 0 Å². The van der Waals surface area contributed by atoms with Crippen LogP contribution < -0.4 is 15.4 Å². The summed E-state index contributed by atoms with van der Waals surface area (Å²) in [4.78, 5) is 17.6. The van der Waals surface area contributed by atoms with E-state index in [1.54, 1.807) is 0 Å². The Morgan fingerprint density at radius 1 is 1.12 bits per heavy atom. The van der Waals surface area contributed by atoms with Crippen molar-refractivity contribution >= 4 is 33.8 Å². The molecule has 0 radical (unpaired) electrons. The number of aromatic nitrogens is 1. The van der Waals surface area contributed by atoms with E-state index in [0.717, 1.165) is 22.7 Å². The highest BCUT2D eigenvalue weighted by molar-refractivity contribution is 7.17. The second-order valence-electron chi connectivity index (χ2n) is 5.81. The fraction of sp³-hybridized carbons (Fsp3) is 0.200. The molecule has 26 heavy (non-hydrogen) atoms. The van der Waals surface area contributed by atoms with Crippen molar-refractivity contribution in [3.05, 3.63) is 64.7 Å². The zero-order valence-corrected chi connectivity index (χ0v) is 15.8. The molecule has 134 valence electrons. The summed E-state index contributed by atoms with van der Waals surface area (Å²) in [6, 6.07) is 15.4. The first-order valence-corrected chi connectivity index (χ1v) is 9.22. The maximum atomic E-state index is 12.6. The molecule has 2 N–H and O–H groups in total. The smallest absolute Gasteiger partial charge is 0.267 e. The van der Waals surface area contributed by atoms with Gasteiger partial charge in [0.2, 0.25) is 0 Å². The standard InChI is InChI=1S/C20H21N3O2S/c1-4-25-17-8-6-5-7-16(17)23-20-21-14(3)18(26-20)19(24)22-15-11-9-13(2)10-12-15/h5-12H,4H2,1-3H3,(H,21,23)(H,22,24). The third-order valence-corrected chi connectivity index (χ3v) is 4.81. The van der Waals surface area contributed by atoms with Crippen molar-refractivity contribution in [2.45, 2.75) is 20.8 Å². The molecule has 1 amide bonds. The van der Waals surface area contributed by atoms with Crippen molar-refractivity contribution in [1.82, 2.24) is 4.98 Å². The molecule has 0 aliphatic heterocycles. The topological polar surface area (TPSA) is 63.2 Å². The van der Waals surface area contributed by atoms with E-state index in [2.05, 4.69) is 15.6 Å². The normalized spacial score (nSPS) is 10.4. The number of nitrogens with zero attached hydrogens (tertiary/aromatic N) is 1. The van der Waals surface area contributed by atoms with Crippen molar-refractivity contribution in [3.8, 4) is 5.75 Å². The summed E-state index contributed by atoms with van der Waals surface area (Å²) in [5.74, 6) is 0.600. The van der Waals surface area contributed by atoms with Crippen LogP contribution in [0.15, 0.2) is 48.5 Å². The molecule has 0 aliphatic rings. The first-order chi connectivity index (χ1) is 12.6. The van der Waals surface area contributed by atoms with Crippen molar-refractivity contribution in [3.63, 3.8) is 0 Å². The van der Waals surface area contributed by atoms with Gasteiger partial charge in [-0.2, -0.15) is 0 Å². The molecular weight excluding hydrogens is 346 g/mol. The molecule has 1 aromatic heterocycles. The lowest BCUT2D eigenvalue weighted by Gasteiger charge is -2.09. The molecule has 0 saturated carbocycles. The van der Waals surface area contributed by atoms with Gasteiger partial charge in [0.1, 0.15) is 10.6 Å². The summed E-state index contributed by atoms with van der Waals surface area (Å²) >= 11 is 1.32. The minimum Gasteiger partial charge on any atom is -0.492 e. The van der Waals surface area contributed by atoms with Crippen molar-refractivity contribution in [2.75, 3.05) is 17.2 Å². The molecule has 0 atom stereocenters. The lowest BCUT2D eigenvalue weighted by molar-refractivity contribution is 0.103. The molecule has 0 saturated heterocycles. The molecule has 6 heteroatoms. The minimum absolute atomic E-state index is 0.157. The summed E-state index contributed by atoms with van der Waals surface area (Å²) in [6.45, 7) is 6.37. The fourth-order valence-corrected chi connectivity index (χ4v) is 3.33. The van der Waals surface area contributed by atoms with Gasteiger partial charge in [0, 0.05) is 5.69 Å². The second kappa shape index (κ2) is 8.01. The highest BCUT2D eigenvalue weighted by Crippen LogP contribution is 2.31. The maximum absolute atomic E-state index is 12.6. The molecule has 0 aliphatic carbocycles. The van der Waals surface area contributed by atoms with Crippen LogP contribution in [0, 0.1) is 13.8 Å². The Bertz CT molecular complexity index is 904. The summed E-state index contributed by atoms with van der Waals surface area (Å²) < 4.78 is 5.62. The third kappa shape index (κ3) is 4.21. The van der Waals surface area contributed by atoms with Gasteiger partial charge in [0.25, 0.3) is 5.91 Å². The Morgan fingerprint density at radius 3 is 2.58 bits per heavy atom. The van der Waals surface area contributed by atoms with E-state index in [9.17, 15) is 4.79 Å². The number of carbonyl (C=O) groups excluding carboxylic acids is 1. The lowest BCUT2D eigenvalue weighted by atomic mass is 10.2. The van der Waals surface area contributed by atoms with Gasteiger partial charge in [0.15, 0.2) is 5.13 Å². The first kappa shape index (κ1) is 17.9. The Kier molecular flexibility index (Phi) is 5.53. The fourth-order valence-electron chi connectivity index (χ4n) is 2.45. The Labute approximate surface area is 157 Å². The summed E-state index contributed by atoms with van der Waals surface area (Å²) in [5.41, 5.74) is 3.44. The van der Waals surface area contributed by atoms with E-state index in [1.165, 1.54) is 11.3 Å². The van der Waals surface area contributed by atoms with Crippen molar-refractivity contribution < 1.29 is 9.53 Å². The van der Waals surface area contributed by atoms with E-state index in [0.29, 0.717) is 22.3 Å². The Hall–Kier alpha value is -2.86. The number of carbonyl (C=O) groups is 1. The highest BCUT2D eigenvalue weighted by atomic mass is 32.1. The number of thiazole rings is 1. The Morgan fingerprint density at radius 2 is 1.85 bits per heavy atom. The van der Waals surface area contributed by atoms with Gasteiger partial charge in [-0.1, -0.05) is 41.2 Å². The van der Waals surface area contributed by atoms with E-state index >= 15 is 0 Å². The minimum atomic E-state index is -0.157. The number of amides is 1. The van der Waals surface area contributed by atoms with Crippen LogP contribution >= 0.6 is 11.3 Å².